The lowest BCUT2D eigenvalue weighted by atomic mass is 10.3. The number of hydrogen-bond acceptors (Lipinski definition) is 6. The Morgan fingerprint density at radius 1 is 0.967 bits per heavy atom. The third-order valence-electron chi connectivity index (χ3n) is 4.83. The van der Waals surface area contributed by atoms with Crippen molar-refractivity contribution in [2.75, 3.05) is 5.73 Å². The van der Waals surface area contributed by atoms with Crippen molar-refractivity contribution in [2.45, 2.75) is 16.3 Å². The van der Waals surface area contributed by atoms with Gasteiger partial charge in [0.05, 0.1) is 28.7 Å². The third kappa shape index (κ3) is 2.82. The van der Waals surface area contributed by atoms with E-state index in [9.17, 15) is 12.8 Å². The molecule has 2 aromatic carbocycles. The summed E-state index contributed by atoms with van der Waals surface area (Å²) in [6, 6.07) is 15.2. The fraction of sp³-hybridized carbons (Fsp3) is 0.0476. The van der Waals surface area contributed by atoms with Crippen LogP contribution in [0.25, 0.3) is 22.2 Å². The van der Waals surface area contributed by atoms with Crippen LogP contribution in [0.3, 0.4) is 0 Å². The molecule has 0 aliphatic heterocycles. The predicted molar refractivity (Wildman–Crippen MR) is 109 cm³/mol. The van der Waals surface area contributed by atoms with Crippen LogP contribution in [0.1, 0.15) is 5.76 Å². The number of halogens is 1. The van der Waals surface area contributed by atoms with Gasteiger partial charge < -0.3 is 14.7 Å². The van der Waals surface area contributed by atoms with Crippen molar-refractivity contribution in [3.8, 4) is 0 Å². The van der Waals surface area contributed by atoms with Gasteiger partial charge in [-0.05, 0) is 48.5 Å². The molecule has 0 aliphatic carbocycles. The molecule has 7 nitrogen and oxygen atoms in total. The zero-order chi connectivity index (χ0) is 20.9. The van der Waals surface area contributed by atoms with Gasteiger partial charge in [0.25, 0.3) is 0 Å². The normalized spacial score (nSPS) is 12.0. The molecule has 5 aromatic rings. The number of rotatable bonds is 4. The largest absolute Gasteiger partial charge is 0.467 e. The highest BCUT2D eigenvalue weighted by Crippen LogP contribution is 2.35. The molecule has 0 atom stereocenters. The lowest BCUT2D eigenvalue weighted by Crippen LogP contribution is -2.08. The maximum atomic E-state index is 13.4. The fourth-order valence-corrected chi connectivity index (χ4v) is 4.91. The van der Waals surface area contributed by atoms with Crippen LogP contribution in [0.4, 0.5) is 10.2 Å². The summed E-state index contributed by atoms with van der Waals surface area (Å²) in [5, 5.41) is 0. The number of benzene rings is 2. The number of furan rings is 1. The smallest absolute Gasteiger partial charge is 0.212 e. The Hall–Kier alpha value is -3.72. The second kappa shape index (κ2) is 6.67. The molecule has 9 heteroatoms. The molecule has 0 spiro atoms. The number of sulfone groups is 1. The number of para-hydroxylation sites is 2. The average Bonchev–Trinajstić information content (AvgIpc) is 3.34. The van der Waals surface area contributed by atoms with Gasteiger partial charge in [-0.15, -0.1) is 0 Å². The molecule has 0 saturated carbocycles. The van der Waals surface area contributed by atoms with Crippen LogP contribution in [-0.2, 0) is 16.4 Å². The number of nitrogens with zero attached hydrogens (tertiary/aromatic N) is 3. The van der Waals surface area contributed by atoms with E-state index in [4.69, 9.17) is 10.2 Å². The van der Waals surface area contributed by atoms with Crippen molar-refractivity contribution < 1.29 is 17.2 Å². The molecule has 0 saturated heterocycles. The van der Waals surface area contributed by atoms with Crippen LogP contribution < -0.4 is 5.73 Å². The highest BCUT2D eigenvalue weighted by atomic mass is 32.2. The number of aromatic nitrogens is 3. The van der Waals surface area contributed by atoms with Gasteiger partial charge in [-0.3, -0.25) is 0 Å². The van der Waals surface area contributed by atoms with Crippen LogP contribution in [0.5, 0.6) is 0 Å². The minimum atomic E-state index is -4.09. The van der Waals surface area contributed by atoms with Gasteiger partial charge in [-0.1, -0.05) is 12.1 Å². The van der Waals surface area contributed by atoms with Crippen LogP contribution in [-0.4, -0.2) is 23.0 Å². The molecular weight excluding hydrogens is 407 g/mol. The molecule has 0 aliphatic rings. The predicted octanol–water partition coefficient (Wildman–Crippen LogP) is 3.78. The summed E-state index contributed by atoms with van der Waals surface area (Å²) in [5.41, 5.74) is 7.96. The van der Waals surface area contributed by atoms with Gasteiger partial charge in [0.15, 0.2) is 5.65 Å². The number of anilines is 1. The van der Waals surface area contributed by atoms with Crippen molar-refractivity contribution in [3.05, 3.63) is 78.5 Å². The number of nitrogens with two attached hydrogens (primary N) is 1. The van der Waals surface area contributed by atoms with Gasteiger partial charge in [0.1, 0.15) is 27.8 Å². The Bertz CT molecular complexity index is 1490. The highest BCUT2D eigenvalue weighted by molar-refractivity contribution is 7.92. The number of hydrogen-bond donors (Lipinski definition) is 1. The van der Waals surface area contributed by atoms with Crippen molar-refractivity contribution in [2.24, 2.45) is 0 Å². The van der Waals surface area contributed by atoms with E-state index in [0.717, 1.165) is 12.1 Å². The summed E-state index contributed by atoms with van der Waals surface area (Å²) >= 11 is 0. The Labute approximate surface area is 170 Å². The molecule has 30 heavy (non-hydrogen) atoms. The van der Waals surface area contributed by atoms with Crippen molar-refractivity contribution in [1.82, 2.24) is 14.5 Å². The summed E-state index contributed by atoms with van der Waals surface area (Å²) in [6.45, 7) is 0.182. The second-order valence-electron chi connectivity index (χ2n) is 6.72. The van der Waals surface area contributed by atoms with E-state index in [1.54, 1.807) is 34.9 Å². The van der Waals surface area contributed by atoms with E-state index in [1.165, 1.54) is 18.4 Å². The van der Waals surface area contributed by atoms with E-state index in [2.05, 4.69) is 9.97 Å². The number of fused-ring (bicyclic) bond motifs is 2. The second-order valence-corrected chi connectivity index (χ2v) is 8.61. The highest BCUT2D eigenvalue weighted by Gasteiger charge is 2.30. The topological polar surface area (TPSA) is 104 Å². The Morgan fingerprint density at radius 2 is 1.67 bits per heavy atom. The van der Waals surface area contributed by atoms with E-state index in [1.807, 2.05) is 6.07 Å². The monoisotopic (exact) mass is 422 g/mol. The summed E-state index contributed by atoms with van der Waals surface area (Å²) in [5.74, 6) is 0.0354. The van der Waals surface area contributed by atoms with Gasteiger partial charge in [0.2, 0.25) is 9.84 Å². The van der Waals surface area contributed by atoms with Crippen molar-refractivity contribution in [3.63, 3.8) is 0 Å². The van der Waals surface area contributed by atoms with Crippen LogP contribution in [0, 0.1) is 5.82 Å². The Morgan fingerprint density at radius 3 is 2.33 bits per heavy atom. The molecule has 0 unspecified atom stereocenters. The standard InChI is InChI=1S/C21H15FN4O3S/c22-13-7-9-15(10-8-13)30(27,28)19-18-21(25-17-6-2-1-5-16(17)24-18)26(20(19)23)12-14-4-3-11-29-14/h1-11H,12,23H2. The van der Waals surface area contributed by atoms with Gasteiger partial charge in [-0.25, -0.2) is 22.8 Å². The SMILES string of the molecule is Nc1c(S(=O)(=O)c2ccc(F)cc2)c2nc3ccccc3nc2n1Cc1ccco1. The summed E-state index contributed by atoms with van der Waals surface area (Å²) in [4.78, 5) is 8.93. The first kappa shape index (κ1) is 18.3. The van der Waals surface area contributed by atoms with E-state index in [0.29, 0.717) is 22.4 Å². The first-order valence-electron chi connectivity index (χ1n) is 9.02. The molecule has 0 fully saturated rings. The fourth-order valence-electron chi connectivity index (χ4n) is 3.40. The maximum absolute atomic E-state index is 13.4. The van der Waals surface area contributed by atoms with Crippen LogP contribution in [0.2, 0.25) is 0 Å². The number of nitrogen functional groups attached to an aromatic ring is 1. The molecule has 0 bridgehead atoms. The molecule has 0 radical (unpaired) electrons. The van der Waals surface area contributed by atoms with E-state index >= 15 is 0 Å². The Kier molecular flexibility index (Phi) is 4.07. The summed E-state index contributed by atoms with van der Waals surface area (Å²) in [6.07, 6.45) is 1.52. The first-order chi connectivity index (χ1) is 14.4. The molecule has 150 valence electrons. The zero-order valence-corrected chi connectivity index (χ0v) is 16.3. The summed E-state index contributed by atoms with van der Waals surface area (Å²) in [7, 11) is -4.09. The van der Waals surface area contributed by atoms with Gasteiger partial charge in [-0.2, -0.15) is 0 Å². The minimum Gasteiger partial charge on any atom is -0.467 e. The summed E-state index contributed by atoms with van der Waals surface area (Å²) < 4.78 is 47.2. The minimum absolute atomic E-state index is 0.0129. The van der Waals surface area contributed by atoms with Crippen LogP contribution in [0.15, 0.2) is 81.1 Å². The lowest BCUT2D eigenvalue weighted by molar-refractivity contribution is 0.497. The zero-order valence-electron chi connectivity index (χ0n) is 15.5. The quantitative estimate of drug-likeness (QED) is 0.442. The molecule has 0 amide bonds. The van der Waals surface area contributed by atoms with Crippen molar-refractivity contribution >= 4 is 37.9 Å². The average molecular weight is 422 g/mol. The Balaban J connectivity index is 1.83. The first-order valence-corrected chi connectivity index (χ1v) is 10.5. The molecule has 3 heterocycles. The van der Waals surface area contributed by atoms with E-state index < -0.39 is 15.7 Å². The third-order valence-corrected chi connectivity index (χ3v) is 6.67. The van der Waals surface area contributed by atoms with Gasteiger partial charge in [0, 0.05) is 0 Å². The molecule has 2 N–H and O–H groups in total. The van der Waals surface area contributed by atoms with E-state index in [-0.39, 0.29) is 27.7 Å². The van der Waals surface area contributed by atoms with Gasteiger partial charge >= 0.3 is 0 Å². The molecule has 5 rings (SSSR count). The maximum Gasteiger partial charge on any atom is 0.212 e. The molecule has 3 aromatic heterocycles. The van der Waals surface area contributed by atoms with Crippen LogP contribution >= 0.6 is 0 Å². The van der Waals surface area contributed by atoms with Crippen molar-refractivity contribution in [1.29, 1.82) is 0 Å². The molecular formula is C21H15FN4O3S. The lowest BCUT2D eigenvalue weighted by Gasteiger charge is -2.07.